The molecule has 0 aliphatic carbocycles. The van der Waals surface area contributed by atoms with Gasteiger partial charge in [0, 0.05) is 0 Å². The zero-order chi connectivity index (χ0) is 13.1. The van der Waals surface area contributed by atoms with Crippen LogP contribution >= 0.6 is 11.6 Å². The van der Waals surface area contributed by atoms with Crippen LogP contribution in [-0.4, -0.2) is 24.3 Å². The third-order valence-electron chi connectivity index (χ3n) is 2.50. The lowest BCUT2D eigenvalue weighted by Crippen LogP contribution is -2.22. The molecule has 0 saturated heterocycles. The maximum absolute atomic E-state index is 10.7. The van der Waals surface area contributed by atoms with Crippen molar-refractivity contribution in [2.24, 2.45) is 0 Å². The van der Waals surface area contributed by atoms with Crippen molar-refractivity contribution in [3.63, 3.8) is 0 Å². The predicted octanol–water partition coefficient (Wildman–Crippen LogP) is 1.33. The fraction of sp³-hybridized carbons (Fsp3) is 0.273. The molecule has 1 amide bonds. The highest BCUT2D eigenvalue weighted by Crippen LogP contribution is 2.41. The van der Waals surface area contributed by atoms with E-state index in [9.17, 15) is 9.59 Å². The summed E-state index contributed by atoms with van der Waals surface area (Å²) in [5.74, 6) is -0.149. The summed E-state index contributed by atoms with van der Waals surface area (Å²) in [5, 5.41) is 11.5. The van der Waals surface area contributed by atoms with Gasteiger partial charge < -0.3 is 19.9 Å². The Balaban J connectivity index is 2.32. The molecule has 1 unspecified atom stereocenters. The Hall–Kier alpha value is -1.95. The summed E-state index contributed by atoms with van der Waals surface area (Å²) < 4.78 is 10.3. The number of nitrogens with one attached hydrogen (secondary N) is 1. The van der Waals surface area contributed by atoms with Gasteiger partial charge in [0.05, 0.1) is 17.5 Å². The molecular formula is C11H10ClNO5. The number of carboxylic acid groups (broad SMARTS) is 1. The molecule has 1 aliphatic rings. The fourth-order valence-corrected chi connectivity index (χ4v) is 1.99. The Bertz CT molecular complexity index is 491. The maximum Gasteiger partial charge on any atom is 0.305 e. The van der Waals surface area contributed by atoms with Gasteiger partial charge in [-0.1, -0.05) is 11.6 Å². The van der Waals surface area contributed by atoms with Crippen molar-refractivity contribution in [1.29, 1.82) is 0 Å². The lowest BCUT2D eigenvalue weighted by molar-refractivity contribution is -0.137. The van der Waals surface area contributed by atoms with E-state index < -0.39 is 12.0 Å². The van der Waals surface area contributed by atoms with Gasteiger partial charge in [0.15, 0.2) is 11.5 Å². The number of carbonyl (C=O) groups is 2. The van der Waals surface area contributed by atoms with Crippen LogP contribution < -0.4 is 14.8 Å². The molecule has 2 rings (SSSR count). The molecule has 0 spiro atoms. The number of aliphatic carboxylic acids is 1. The summed E-state index contributed by atoms with van der Waals surface area (Å²) in [6, 6.07) is 2.50. The van der Waals surface area contributed by atoms with Crippen molar-refractivity contribution in [1.82, 2.24) is 5.32 Å². The Morgan fingerprint density at radius 3 is 3.00 bits per heavy atom. The molecule has 0 fully saturated rings. The minimum Gasteiger partial charge on any atom is -0.481 e. The SMILES string of the molecule is O=CNC(CC(=O)O)c1cc(Cl)c2c(c1)OCO2. The van der Waals surface area contributed by atoms with Crippen LogP contribution in [0.1, 0.15) is 18.0 Å². The highest BCUT2D eigenvalue weighted by atomic mass is 35.5. The van der Waals surface area contributed by atoms with Crippen molar-refractivity contribution < 1.29 is 24.2 Å². The summed E-state index contributed by atoms with van der Waals surface area (Å²) in [5.41, 5.74) is 0.554. The second-order valence-electron chi connectivity index (χ2n) is 3.67. The van der Waals surface area contributed by atoms with Crippen LogP contribution in [0.15, 0.2) is 12.1 Å². The van der Waals surface area contributed by atoms with Crippen LogP contribution in [-0.2, 0) is 9.59 Å². The van der Waals surface area contributed by atoms with Crippen molar-refractivity contribution >= 4 is 24.0 Å². The van der Waals surface area contributed by atoms with Crippen molar-refractivity contribution in [2.45, 2.75) is 12.5 Å². The molecular weight excluding hydrogens is 262 g/mol. The van der Waals surface area contributed by atoms with E-state index in [1.807, 2.05) is 0 Å². The largest absolute Gasteiger partial charge is 0.481 e. The van der Waals surface area contributed by atoms with Crippen LogP contribution in [0, 0.1) is 0 Å². The van der Waals surface area contributed by atoms with E-state index in [0.717, 1.165) is 0 Å². The minimum absolute atomic E-state index is 0.0726. The Kier molecular flexibility index (Phi) is 3.57. The molecule has 0 bridgehead atoms. The van der Waals surface area contributed by atoms with Crippen LogP contribution in [0.4, 0.5) is 0 Å². The first-order valence-corrected chi connectivity index (χ1v) is 5.50. The first-order valence-electron chi connectivity index (χ1n) is 5.12. The second-order valence-corrected chi connectivity index (χ2v) is 4.08. The van der Waals surface area contributed by atoms with E-state index in [-0.39, 0.29) is 13.2 Å². The predicted molar refractivity (Wildman–Crippen MR) is 61.8 cm³/mol. The normalized spacial score (nSPS) is 14.1. The van der Waals surface area contributed by atoms with Gasteiger partial charge in [0.25, 0.3) is 0 Å². The molecule has 96 valence electrons. The van der Waals surface area contributed by atoms with Crippen LogP contribution in [0.5, 0.6) is 11.5 Å². The average Bonchev–Trinajstić information content (AvgIpc) is 2.76. The number of hydrogen-bond acceptors (Lipinski definition) is 4. The van der Waals surface area contributed by atoms with Crippen LogP contribution in [0.2, 0.25) is 5.02 Å². The van der Waals surface area contributed by atoms with Gasteiger partial charge in [0.2, 0.25) is 13.2 Å². The van der Waals surface area contributed by atoms with Gasteiger partial charge in [-0.3, -0.25) is 9.59 Å². The topological polar surface area (TPSA) is 84.9 Å². The number of fused-ring (bicyclic) bond motifs is 1. The van der Waals surface area contributed by atoms with Crippen molar-refractivity contribution in [3.05, 3.63) is 22.7 Å². The van der Waals surface area contributed by atoms with E-state index >= 15 is 0 Å². The van der Waals surface area contributed by atoms with Gasteiger partial charge in [0.1, 0.15) is 0 Å². The van der Waals surface area contributed by atoms with Crippen molar-refractivity contribution in [2.75, 3.05) is 6.79 Å². The molecule has 0 radical (unpaired) electrons. The number of halogens is 1. The number of carboxylic acids is 1. The molecule has 1 heterocycles. The van der Waals surface area contributed by atoms with Gasteiger partial charge in [-0.2, -0.15) is 0 Å². The maximum atomic E-state index is 10.7. The van der Waals surface area contributed by atoms with E-state index in [4.69, 9.17) is 26.2 Å². The second kappa shape index (κ2) is 5.14. The van der Waals surface area contributed by atoms with E-state index in [1.165, 1.54) is 0 Å². The lowest BCUT2D eigenvalue weighted by atomic mass is 10.0. The Morgan fingerprint density at radius 1 is 1.56 bits per heavy atom. The van der Waals surface area contributed by atoms with Crippen molar-refractivity contribution in [3.8, 4) is 11.5 Å². The molecule has 2 N–H and O–H groups in total. The highest BCUT2D eigenvalue weighted by Gasteiger charge is 2.22. The van der Waals surface area contributed by atoms with Gasteiger partial charge in [-0.05, 0) is 17.7 Å². The smallest absolute Gasteiger partial charge is 0.305 e. The first-order chi connectivity index (χ1) is 8.61. The molecule has 0 saturated carbocycles. The van der Waals surface area contributed by atoms with E-state index in [2.05, 4.69) is 5.32 Å². The summed E-state index contributed by atoms with van der Waals surface area (Å²) in [6.45, 7) is 0.0726. The summed E-state index contributed by atoms with van der Waals surface area (Å²) in [7, 11) is 0. The van der Waals surface area contributed by atoms with Gasteiger partial charge in [-0.25, -0.2) is 0 Å². The highest BCUT2D eigenvalue weighted by molar-refractivity contribution is 6.32. The summed E-state index contributed by atoms with van der Waals surface area (Å²) >= 11 is 5.99. The minimum atomic E-state index is -1.02. The zero-order valence-corrected chi connectivity index (χ0v) is 9.94. The summed E-state index contributed by atoms with van der Waals surface area (Å²) in [6.07, 6.45) is 0.209. The molecule has 1 atom stereocenters. The molecule has 1 aromatic rings. The fourth-order valence-electron chi connectivity index (χ4n) is 1.72. The number of rotatable bonds is 5. The van der Waals surface area contributed by atoms with Gasteiger partial charge in [-0.15, -0.1) is 0 Å². The molecule has 7 heteroatoms. The van der Waals surface area contributed by atoms with Gasteiger partial charge >= 0.3 is 5.97 Å². The number of ether oxygens (including phenoxy) is 2. The molecule has 1 aromatic carbocycles. The van der Waals surface area contributed by atoms with Crippen LogP contribution in [0.25, 0.3) is 0 Å². The molecule has 6 nitrogen and oxygen atoms in total. The molecule has 18 heavy (non-hydrogen) atoms. The number of amides is 1. The van der Waals surface area contributed by atoms with Crippen LogP contribution in [0.3, 0.4) is 0 Å². The summed E-state index contributed by atoms with van der Waals surface area (Å²) in [4.78, 5) is 21.2. The zero-order valence-electron chi connectivity index (χ0n) is 9.18. The third kappa shape index (κ3) is 2.48. The Labute approximate surface area is 107 Å². The lowest BCUT2D eigenvalue weighted by Gasteiger charge is -2.15. The number of carbonyl (C=O) groups excluding carboxylic acids is 1. The Morgan fingerprint density at radius 2 is 2.33 bits per heavy atom. The average molecular weight is 272 g/mol. The first kappa shape index (κ1) is 12.5. The van der Waals surface area contributed by atoms with E-state index in [1.54, 1.807) is 12.1 Å². The van der Waals surface area contributed by atoms with E-state index in [0.29, 0.717) is 28.5 Å². The third-order valence-corrected chi connectivity index (χ3v) is 2.78. The molecule has 1 aliphatic heterocycles. The quantitative estimate of drug-likeness (QED) is 0.789. The number of benzene rings is 1. The monoisotopic (exact) mass is 271 g/mol. The number of hydrogen-bond donors (Lipinski definition) is 2. The molecule has 0 aromatic heterocycles. The standard InChI is InChI=1S/C11H10ClNO5/c12-7-1-6(2-9-11(7)18-5-17-9)8(13-4-14)3-10(15)16/h1-2,4,8H,3,5H2,(H,13,14)(H,15,16).